The summed E-state index contributed by atoms with van der Waals surface area (Å²) in [7, 11) is -0.930. The lowest BCUT2D eigenvalue weighted by atomic mass is 10.4. The van der Waals surface area contributed by atoms with Crippen LogP contribution in [0.5, 0.6) is 0 Å². The molecule has 4 aromatic heterocycles. The maximum Gasteiger partial charge on any atom is 0.278 e. The summed E-state index contributed by atoms with van der Waals surface area (Å²) in [4.78, 5) is 27.3. The normalized spacial score (nSPS) is 12.8. The molecule has 5 rings (SSSR count). The maximum absolute atomic E-state index is 13.3. The van der Waals surface area contributed by atoms with Crippen LogP contribution in [0.2, 0.25) is 0 Å². The minimum atomic E-state index is -2.73. The lowest BCUT2D eigenvalue weighted by Gasteiger charge is -2.11. The van der Waals surface area contributed by atoms with E-state index in [4.69, 9.17) is 0 Å². The van der Waals surface area contributed by atoms with Crippen molar-refractivity contribution in [1.29, 1.82) is 0 Å². The van der Waals surface area contributed by atoms with Crippen LogP contribution in [0.25, 0.3) is 16.9 Å². The molecule has 5 aromatic rings. The standard InChI is InChI=1S/C24H23N9O2S/c1-4-13-32-23(34)19-15-25-24(27-17-14-26-31(2)16-17)29-22(19)33(32)21-12-8-11-20(28-21)30-36(3,35)18-9-6-5-7-10-18/h4-12,14-16H,1,13H2,2-3H3,(H,25,27,29). The van der Waals surface area contributed by atoms with Crippen LogP contribution in [-0.2, 0) is 23.3 Å². The number of fused-ring (bicyclic) bond motifs is 1. The number of hydrogen-bond donors (Lipinski definition) is 1. The Hall–Kier alpha value is -4.58. The number of hydrogen-bond acceptors (Lipinski definition) is 8. The Balaban J connectivity index is 1.65. The molecule has 11 nitrogen and oxygen atoms in total. The van der Waals surface area contributed by atoms with Gasteiger partial charge in [0, 0.05) is 30.6 Å². The Bertz CT molecular complexity index is 1760. The van der Waals surface area contributed by atoms with Crippen molar-refractivity contribution in [3.05, 3.63) is 90.1 Å². The molecule has 1 N–H and O–H groups in total. The number of aromatic nitrogens is 7. The van der Waals surface area contributed by atoms with Gasteiger partial charge < -0.3 is 5.32 Å². The number of benzene rings is 1. The van der Waals surface area contributed by atoms with E-state index in [0.29, 0.717) is 33.4 Å². The molecule has 1 unspecified atom stereocenters. The minimum Gasteiger partial charge on any atom is -0.321 e. The number of allylic oxidation sites excluding steroid dienone is 1. The molecule has 0 aliphatic heterocycles. The summed E-state index contributed by atoms with van der Waals surface area (Å²) in [5, 5.41) is 7.54. The van der Waals surface area contributed by atoms with Crippen LogP contribution < -0.4 is 10.9 Å². The molecule has 0 saturated carbocycles. The fraction of sp³-hybridized carbons (Fsp3) is 0.125. The van der Waals surface area contributed by atoms with Crippen LogP contribution in [0.1, 0.15) is 0 Å². The zero-order valence-corrected chi connectivity index (χ0v) is 20.5. The summed E-state index contributed by atoms with van der Waals surface area (Å²) >= 11 is 0. The first-order valence-corrected chi connectivity index (χ1v) is 12.9. The molecule has 0 bridgehead atoms. The molecular weight excluding hydrogens is 478 g/mol. The quantitative estimate of drug-likeness (QED) is 0.339. The predicted molar refractivity (Wildman–Crippen MR) is 138 cm³/mol. The van der Waals surface area contributed by atoms with Gasteiger partial charge in [-0.1, -0.05) is 30.3 Å². The lowest BCUT2D eigenvalue weighted by Crippen LogP contribution is -2.22. The maximum atomic E-state index is 13.3. The van der Waals surface area contributed by atoms with Gasteiger partial charge in [0.2, 0.25) is 5.95 Å². The number of aryl methyl sites for hydroxylation is 1. The van der Waals surface area contributed by atoms with Gasteiger partial charge in [-0.15, -0.1) is 6.58 Å². The lowest BCUT2D eigenvalue weighted by molar-refractivity contribution is 0.597. The van der Waals surface area contributed by atoms with Gasteiger partial charge in [0.05, 0.1) is 28.2 Å². The molecule has 12 heteroatoms. The SMILES string of the molecule is C=CCn1c(=O)c2cnc(Nc3cnn(C)c3)nc2n1-c1cccc(N=S(C)(=O)c2ccccc2)n1. The molecule has 0 spiro atoms. The fourth-order valence-electron chi connectivity index (χ4n) is 3.71. The van der Waals surface area contributed by atoms with Crippen LogP contribution in [-0.4, -0.2) is 44.6 Å². The van der Waals surface area contributed by atoms with Crippen molar-refractivity contribution < 1.29 is 4.21 Å². The number of nitrogens with zero attached hydrogens (tertiary/aromatic N) is 8. The molecule has 182 valence electrons. The zero-order chi connectivity index (χ0) is 25.3. The van der Waals surface area contributed by atoms with Gasteiger partial charge in [0.1, 0.15) is 5.39 Å². The predicted octanol–water partition coefficient (Wildman–Crippen LogP) is 3.43. The highest BCUT2D eigenvalue weighted by atomic mass is 32.2. The van der Waals surface area contributed by atoms with Crippen molar-refractivity contribution >= 4 is 38.2 Å². The van der Waals surface area contributed by atoms with Crippen molar-refractivity contribution in [2.75, 3.05) is 11.6 Å². The van der Waals surface area contributed by atoms with E-state index in [1.54, 1.807) is 71.5 Å². The van der Waals surface area contributed by atoms with Crippen molar-refractivity contribution in [3.63, 3.8) is 0 Å². The third-order valence-corrected chi connectivity index (χ3v) is 7.01. The zero-order valence-electron chi connectivity index (χ0n) is 19.6. The molecule has 1 atom stereocenters. The van der Waals surface area contributed by atoms with Crippen molar-refractivity contribution in [1.82, 2.24) is 34.1 Å². The first-order valence-electron chi connectivity index (χ1n) is 11.0. The highest BCUT2D eigenvalue weighted by Gasteiger charge is 2.18. The first-order chi connectivity index (χ1) is 17.4. The molecule has 1 aromatic carbocycles. The van der Waals surface area contributed by atoms with E-state index in [9.17, 15) is 9.00 Å². The van der Waals surface area contributed by atoms with Crippen LogP contribution in [0.4, 0.5) is 17.5 Å². The second-order valence-corrected chi connectivity index (χ2v) is 10.3. The van der Waals surface area contributed by atoms with Crippen LogP contribution in [0.15, 0.2) is 93.8 Å². The van der Waals surface area contributed by atoms with Crippen molar-refractivity contribution in [3.8, 4) is 5.82 Å². The summed E-state index contributed by atoms with van der Waals surface area (Å²) in [6, 6.07) is 14.2. The summed E-state index contributed by atoms with van der Waals surface area (Å²) in [6.45, 7) is 3.99. The summed E-state index contributed by atoms with van der Waals surface area (Å²) in [5.74, 6) is 0.951. The number of anilines is 2. The summed E-state index contributed by atoms with van der Waals surface area (Å²) < 4.78 is 22.4. The van der Waals surface area contributed by atoms with E-state index in [1.165, 1.54) is 10.9 Å². The highest BCUT2D eigenvalue weighted by Crippen LogP contribution is 2.22. The van der Waals surface area contributed by atoms with Gasteiger partial charge in [-0.05, 0) is 24.3 Å². The minimum absolute atomic E-state index is 0.220. The second-order valence-electron chi connectivity index (χ2n) is 8.01. The smallest absolute Gasteiger partial charge is 0.278 e. The van der Waals surface area contributed by atoms with Gasteiger partial charge >= 0.3 is 0 Å². The molecule has 36 heavy (non-hydrogen) atoms. The second kappa shape index (κ2) is 9.23. The topological polar surface area (TPSA) is 125 Å². The van der Waals surface area contributed by atoms with Gasteiger partial charge in [-0.2, -0.15) is 14.4 Å². The van der Waals surface area contributed by atoms with Gasteiger partial charge in [-0.25, -0.2) is 23.5 Å². The van der Waals surface area contributed by atoms with E-state index in [0.717, 1.165) is 0 Å². The number of rotatable bonds is 7. The van der Waals surface area contributed by atoms with E-state index < -0.39 is 9.73 Å². The van der Waals surface area contributed by atoms with E-state index in [2.05, 4.69) is 36.3 Å². The Labute approximate surface area is 206 Å². The van der Waals surface area contributed by atoms with E-state index in [1.807, 2.05) is 18.2 Å². The molecule has 0 amide bonds. The largest absolute Gasteiger partial charge is 0.321 e. The van der Waals surface area contributed by atoms with Crippen LogP contribution in [0.3, 0.4) is 0 Å². The van der Waals surface area contributed by atoms with Crippen molar-refractivity contribution in [2.24, 2.45) is 11.4 Å². The van der Waals surface area contributed by atoms with Gasteiger partial charge in [0.25, 0.3) is 5.56 Å². The fourth-order valence-corrected chi connectivity index (χ4v) is 4.93. The average Bonchev–Trinajstić information content (AvgIpc) is 3.39. The summed E-state index contributed by atoms with van der Waals surface area (Å²) in [5.41, 5.74) is 0.771. The average molecular weight is 502 g/mol. The Morgan fingerprint density at radius 1 is 1.11 bits per heavy atom. The molecule has 4 heterocycles. The van der Waals surface area contributed by atoms with Crippen LogP contribution in [0, 0.1) is 0 Å². The van der Waals surface area contributed by atoms with Gasteiger partial charge in [-0.3, -0.25) is 9.48 Å². The monoisotopic (exact) mass is 501 g/mol. The number of nitrogens with one attached hydrogen (secondary N) is 1. The molecular formula is C24H23N9O2S. The molecule has 0 aliphatic rings. The molecule has 0 fully saturated rings. The molecule has 0 radical (unpaired) electrons. The highest BCUT2D eigenvalue weighted by molar-refractivity contribution is 7.93. The van der Waals surface area contributed by atoms with E-state index >= 15 is 0 Å². The van der Waals surface area contributed by atoms with Crippen molar-refractivity contribution in [2.45, 2.75) is 11.4 Å². The molecule has 0 saturated heterocycles. The summed E-state index contributed by atoms with van der Waals surface area (Å²) in [6.07, 6.45) is 8.08. The Kier molecular flexibility index (Phi) is 5.94. The number of pyridine rings is 1. The van der Waals surface area contributed by atoms with E-state index in [-0.39, 0.29) is 17.9 Å². The molecule has 0 aliphatic carbocycles. The first kappa shape index (κ1) is 23.2. The van der Waals surface area contributed by atoms with Crippen LogP contribution >= 0.6 is 0 Å². The Morgan fingerprint density at radius 2 is 1.92 bits per heavy atom. The van der Waals surface area contributed by atoms with Gasteiger partial charge in [0.15, 0.2) is 17.3 Å². The third kappa shape index (κ3) is 4.41. The third-order valence-electron chi connectivity index (χ3n) is 5.32. The Morgan fingerprint density at radius 3 is 2.64 bits per heavy atom.